The van der Waals surface area contributed by atoms with E-state index in [9.17, 15) is 9.59 Å². The third-order valence-electron chi connectivity index (χ3n) is 6.42. The summed E-state index contributed by atoms with van der Waals surface area (Å²) in [5.41, 5.74) is 2.87. The topological polar surface area (TPSA) is 81.9 Å². The van der Waals surface area contributed by atoms with Gasteiger partial charge >= 0.3 is 0 Å². The van der Waals surface area contributed by atoms with E-state index in [1.807, 2.05) is 86.7 Å². The summed E-state index contributed by atoms with van der Waals surface area (Å²) < 4.78 is 15.2. The second kappa shape index (κ2) is 12.6. The maximum Gasteiger partial charge on any atom is 0.271 e. The molecule has 3 aromatic carbocycles. The number of ether oxygens (including phenoxy) is 2. The number of amides is 1. The van der Waals surface area contributed by atoms with Gasteiger partial charge in [-0.1, -0.05) is 57.6 Å². The van der Waals surface area contributed by atoms with E-state index in [0.29, 0.717) is 51.0 Å². The summed E-state index contributed by atoms with van der Waals surface area (Å²) in [5, 5.41) is 2.98. The number of carbonyl (C=O) groups is 1. The molecule has 7 nitrogen and oxygen atoms in total. The van der Waals surface area contributed by atoms with Crippen LogP contribution in [0.25, 0.3) is 6.08 Å². The molecule has 0 aliphatic carbocycles. The smallest absolute Gasteiger partial charge is 0.271 e. The summed E-state index contributed by atoms with van der Waals surface area (Å²) in [7, 11) is 0. The van der Waals surface area contributed by atoms with E-state index in [4.69, 9.17) is 14.5 Å². The van der Waals surface area contributed by atoms with Crippen LogP contribution >= 0.6 is 43.2 Å². The lowest BCUT2D eigenvalue weighted by Crippen LogP contribution is -2.40. The highest BCUT2D eigenvalue weighted by Gasteiger charge is 2.32. The van der Waals surface area contributed by atoms with E-state index in [0.717, 1.165) is 20.1 Å². The second-order valence-corrected chi connectivity index (χ2v) is 11.9. The van der Waals surface area contributed by atoms with Gasteiger partial charge in [0.2, 0.25) is 0 Å². The molecule has 0 spiro atoms. The van der Waals surface area contributed by atoms with Crippen LogP contribution in [0.5, 0.6) is 11.5 Å². The molecule has 1 aliphatic heterocycles. The van der Waals surface area contributed by atoms with Crippen molar-refractivity contribution >= 4 is 60.9 Å². The first-order valence-electron chi connectivity index (χ1n) is 13.0. The molecular formula is C31H27Br2N3O4S. The fourth-order valence-electron chi connectivity index (χ4n) is 4.69. The number of allylic oxidation sites excluding steroid dienone is 1. The molecule has 0 fully saturated rings. The summed E-state index contributed by atoms with van der Waals surface area (Å²) in [6.45, 7) is 6.64. The van der Waals surface area contributed by atoms with Crippen molar-refractivity contribution in [2.24, 2.45) is 4.99 Å². The summed E-state index contributed by atoms with van der Waals surface area (Å²) >= 11 is 8.38. The number of nitrogens with zero attached hydrogens (tertiary/aromatic N) is 2. The molecule has 0 unspecified atom stereocenters. The van der Waals surface area contributed by atoms with Gasteiger partial charge in [0.25, 0.3) is 11.5 Å². The van der Waals surface area contributed by atoms with Gasteiger partial charge < -0.3 is 14.8 Å². The second-order valence-electron chi connectivity index (χ2n) is 9.14. The number of thiazole rings is 1. The van der Waals surface area contributed by atoms with Crippen molar-refractivity contribution in [1.29, 1.82) is 0 Å². The molecule has 210 valence electrons. The number of aromatic nitrogens is 1. The third kappa shape index (κ3) is 6.10. The largest absolute Gasteiger partial charge is 0.494 e. The lowest BCUT2D eigenvalue weighted by molar-refractivity contribution is -0.113. The number of anilines is 1. The zero-order valence-corrected chi connectivity index (χ0v) is 26.6. The van der Waals surface area contributed by atoms with Gasteiger partial charge in [0, 0.05) is 15.7 Å². The Morgan fingerprint density at radius 3 is 2.44 bits per heavy atom. The lowest BCUT2D eigenvalue weighted by atomic mass is 9.95. The Kier molecular flexibility index (Phi) is 8.91. The Labute approximate surface area is 258 Å². The van der Waals surface area contributed by atoms with Crippen molar-refractivity contribution in [2.75, 3.05) is 18.5 Å². The highest BCUT2D eigenvalue weighted by Crippen LogP contribution is 2.34. The van der Waals surface area contributed by atoms with Gasteiger partial charge in [-0.2, -0.15) is 0 Å². The minimum atomic E-state index is -0.687. The quantitative estimate of drug-likeness (QED) is 0.238. The van der Waals surface area contributed by atoms with Crippen molar-refractivity contribution < 1.29 is 14.3 Å². The molecule has 1 amide bonds. The molecule has 0 bridgehead atoms. The molecule has 41 heavy (non-hydrogen) atoms. The van der Waals surface area contributed by atoms with E-state index < -0.39 is 6.04 Å². The Balaban J connectivity index is 1.68. The van der Waals surface area contributed by atoms with E-state index in [2.05, 4.69) is 37.2 Å². The first-order valence-corrected chi connectivity index (χ1v) is 15.4. The van der Waals surface area contributed by atoms with Gasteiger partial charge in [-0.25, -0.2) is 4.99 Å². The summed E-state index contributed by atoms with van der Waals surface area (Å²) in [4.78, 5) is 33.1. The molecular weight excluding hydrogens is 670 g/mol. The number of carbonyl (C=O) groups excluding carboxylic acids is 1. The SMILES string of the molecule is CCOc1ccc([C@H]2C(C(=O)Nc3ccccc3)=C(C)N=c3s/c(=C\c4cc(Br)cc(Br)c4OCC)c(=O)n32)cc1. The van der Waals surface area contributed by atoms with Gasteiger partial charge in [0.15, 0.2) is 4.80 Å². The van der Waals surface area contributed by atoms with Gasteiger partial charge in [-0.3, -0.25) is 14.2 Å². The van der Waals surface area contributed by atoms with Crippen LogP contribution < -0.4 is 29.7 Å². The van der Waals surface area contributed by atoms with Gasteiger partial charge in [0.05, 0.1) is 39.5 Å². The molecule has 1 aliphatic rings. The van der Waals surface area contributed by atoms with Gasteiger partial charge in [0.1, 0.15) is 11.5 Å². The monoisotopic (exact) mass is 695 g/mol. The van der Waals surface area contributed by atoms with Crippen LogP contribution in [0.2, 0.25) is 0 Å². The first-order chi connectivity index (χ1) is 19.8. The molecule has 1 atom stereocenters. The number of fused-ring (bicyclic) bond motifs is 1. The number of hydrogen-bond acceptors (Lipinski definition) is 6. The van der Waals surface area contributed by atoms with Crippen molar-refractivity contribution in [3.63, 3.8) is 0 Å². The summed E-state index contributed by atoms with van der Waals surface area (Å²) in [6, 6.07) is 19.8. The Morgan fingerprint density at radius 1 is 1.05 bits per heavy atom. The molecule has 10 heteroatoms. The average Bonchev–Trinajstić information content (AvgIpc) is 3.25. The van der Waals surface area contributed by atoms with Crippen LogP contribution in [0.15, 0.2) is 96.7 Å². The molecule has 2 heterocycles. The normalized spacial score (nSPS) is 14.9. The first kappa shape index (κ1) is 29.0. The summed E-state index contributed by atoms with van der Waals surface area (Å²) in [6.07, 6.45) is 1.81. The highest BCUT2D eigenvalue weighted by atomic mass is 79.9. The molecule has 4 aromatic rings. The van der Waals surface area contributed by atoms with E-state index >= 15 is 0 Å². The fraction of sp³-hybridized carbons (Fsp3) is 0.194. The lowest BCUT2D eigenvalue weighted by Gasteiger charge is -2.25. The zero-order valence-electron chi connectivity index (χ0n) is 22.6. The van der Waals surface area contributed by atoms with E-state index in [-0.39, 0.29) is 11.5 Å². The minimum Gasteiger partial charge on any atom is -0.494 e. The number of benzene rings is 3. The van der Waals surface area contributed by atoms with Crippen LogP contribution in [-0.4, -0.2) is 23.7 Å². The molecule has 0 radical (unpaired) electrons. The Hall–Kier alpha value is -3.47. The third-order valence-corrected chi connectivity index (χ3v) is 8.45. The number of nitrogens with one attached hydrogen (secondary N) is 1. The maximum atomic E-state index is 14.1. The fourth-order valence-corrected chi connectivity index (χ4v) is 7.10. The molecule has 5 rings (SSSR count). The summed E-state index contributed by atoms with van der Waals surface area (Å²) in [5.74, 6) is 1.03. The average molecular weight is 697 g/mol. The Morgan fingerprint density at radius 2 is 1.76 bits per heavy atom. The van der Waals surface area contributed by atoms with Crippen LogP contribution in [-0.2, 0) is 4.79 Å². The van der Waals surface area contributed by atoms with Gasteiger partial charge in [-0.05, 0) is 84.7 Å². The van der Waals surface area contributed by atoms with Crippen molar-refractivity contribution in [3.8, 4) is 11.5 Å². The van der Waals surface area contributed by atoms with Crippen LogP contribution in [0.3, 0.4) is 0 Å². The molecule has 1 N–H and O–H groups in total. The van der Waals surface area contributed by atoms with Crippen LogP contribution in [0.1, 0.15) is 37.9 Å². The van der Waals surface area contributed by atoms with Crippen molar-refractivity contribution in [1.82, 2.24) is 4.57 Å². The van der Waals surface area contributed by atoms with Crippen molar-refractivity contribution in [3.05, 3.63) is 118 Å². The van der Waals surface area contributed by atoms with Crippen LogP contribution in [0.4, 0.5) is 5.69 Å². The number of hydrogen-bond donors (Lipinski definition) is 1. The highest BCUT2D eigenvalue weighted by molar-refractivity contribution is 9.11. The van der Waals surface area contributed by atoms with Crippen LogP contribution in [0, 0.1) is 0 Å². The predicted molar refractivity (Wildman–Crippen MR) is 169 cm³/mol. The number of rotatable bonds is 8. The standard InChI is InChI=1S/C31H27Br2N3O4S/c1-4-39-23-13-11-19(12-14-23)27-26(29(37)35-22-9-7-6-8-10-22)18(3)34-31-36(27)30(38)25(41-31)16-20-15-21(32)17-24(33)28(20)40-5-2/h6-17,27H,4-5H2,1-3H3,(H,35,37)/b25-16-/t27-/m0/s1. The molecule has 1 aromatic heterocycles. The molecule has 0 saturated carbocycles. The number of para-hydroxylation sites is 1. The number of halogens is 2. The molecule has 0 saturated heterocycles. The van der Waals surface area contributed by atoms with Crippen molar-refractivity contribution in [2.45, 2.75) is 26.8 Å². The minimum absolute atomic E-state index is 0.247. The van der Waals surface area contributed by atoms with E-state index in [1.165, 1.54) is 11.3 Å². The Bertz CT molecular complexity index is 1810. The van der Waals surface area contributed by atoms with Gasteiger partial charge in [-0.15, -0.1) is 0 Å². The van der Waals surface area contributed by atoms with E-state index in [1.54, 1.807) is 11.5 Å². The maximum absolute atomic E-state index is 14.1. The zero-order chi connectivity index (χ0) is 29.1. The predicted octanol–water partition coefficient (Wildman–Crippen LogP) is 6.20.